The highest BCUT2D eigenvalue weighted by atomic mass is 32.2. The van der Waals surface area contributed by atoms with Gasteiger partial charge >= 0.3 is 15.2 Å². The standard InChI is InChI=1S/C8H8O6S/c9-5-14-7-3-1-6(2-4-7)8(10)15(11,12)13/h1-4,9H,5H2,(H,11,12,13). The van der Waals surface area contributed by atoms with Gasteiger partial charge in [-0.1, -0.05) is 0 Å². The van der Waals surface area contributed by atoms with Crippen molar-refractivity contribution < 1.29 is 27.6 Å². The van der Waals surface area contributed by atoms with Crippen molar-refractivity contribution in [2.75, 3.05) is 6.79 Å². The molecule has 0 aliphatic carbocycles. The Morgan fingerprint density at radius 2 is 1.80 bits per heavy atom. The normalized spacial score (nSPS) is 11.1. The first-order valence-electron chi connectivity index (χ1n) is 3.80. The van der Waals surface area contributed by atoms with Crippen LogP contribution in [0.4, 0.5) is 0 Å². The molecule has 0 radical (unpaired) electrons. The number of aliphatic hydroxyl groups excluding tert-OH is 1. The van der Waals surface area contributed by atoms with Crippen molar-refractivity contribution in [3.63, 3.8) is 0 Å². The topological polar surface area (TPSA) is 101 Å². The molecule has 1 rings (SSSR count). The quantitative estimate of drug-likeness (QED) is 0.563. The summed E-state index contributed by atoms with van der Waals surface area (Å²) in [4.78, 5) is 11.0. The van der Waals surface area contributed by atoms with Crippen LogP contribution < -0.4 is 4.74 Å². The maximum atomic E-state index is 11.0. The molecule has 7 heteroatoms. The number of carbonyl (C=O) groups is 1. The van der Waals surface area contributed by atoms with Gasteiger partial charge in [0.1, 0.15) is 5.75 Å². The predicted molar refractivity (Wildman–Crippen MR) is 50.0 cm³/mol. The SMILES string of the molecule is O=C(c1ccc(OCO)cc1)S(=O)(=O)O. The summed E-state index contributed by atoms with van der Waals surface area (Å²) >= 11 is 0. The highest BCUT2D eigenvalue weighted by Crippen LogP contribution is 2.13. The molecule has 1 aromatic rings. The van der Waals surface area contributed by atoms with Gasteiger partial charge in [-0.3, -0.25) is 9.35 Å². The van der Waals surface area contributed by atoms with Crippen molar-refractivity contribution in [2.24, 2.45) is 0 Å². The lowest BCUT2D eigenvalue weighted by molar-refractivity contribution is 0.0985. The molecular weight excluding hydrogens is 224 g/mol. The summed E-state index contributed by atoms with van der Waals surface area (Å²) in [6.07, 6.45) is 0. The van der Waals surface area contributed by atoms with Crippen molar-refractivity contribution in [3.8, 4) is 5.75 Å². The molecule has 15 heavy (non-hydrogen) atoms. The van der Waals surface area contributed by atoms with E-state index >= 15 is 0 Å². The van der Waals surface area contributed by atoms with E-state index in [9.17, 15) is 13.2 Å². The fourth-order valence-corrected chi connectivity index (χ4v) is 1.34. The maximum absolute atomic E-state index is 11.0. The Kier molecular flexibility index (Phi) is 3.40. The molecule has 1 aromatic carbocycles. The average molecular weight is 232 g/mol. The zero-order valence-corrected chi connectivity index (χ0v) is 8.27. The zero-order chi connectivity index (χ0) is 11.5. The van der Waals surface area contributed by atoms with Crippen LogP contribution in [0.3, 0.4) is 0 Å². The third-order valence-corrected chi connectivity index (χ3v) is 2.26. The van der Waals surface area contributed by atoms with Crippen LogP contribution >= 0.6 is 0 Å². The lowest BCUT2D eigenvalue weighted by Gasteiger charge is -2.02. The zero-order valence-electron chi connectivity index (χ0n) is 7.45. The molecule has 0 aliphatic heterocycles. The minimum atomic E-state index is -4.71. The summed E-state index contributed by atoms with van der Waals surface area (Å²) in [5, 5.41) is 7.03. The molecule has 0 heterocycles. The van der Waals surface area contributed by atoms with Crippen LogP contribution in [-0.2, 0) is 10.1 Å². The van der Waals surface area contributed by atoms with Gasteiger partial charge < -0.3 is 9.84 Å². The van der Waals surface area contributed by atoms with E-state index in [-0.39, 0.29) is 11.3 Å². The van der Waals surface area contributed by atoms with E-state index in [1.807, 2.05) is 0 Å². The van der Waals surface area contributed by atoms with E-state index < -0.39 is 22.0 Å². The highest BCUT2D eigenvalue weighted by molar-refractivity contribution is 8.01. The van der Waals surface area contributed by atoms with E-state index in [2.05, 4.69) is 4.74 Å². The smallest absolute Gasteiger partial charge is 0.333 e. The molecule has 0 aliphatic rings. The molecule has 0 saturated carbocycles. The van der Waals surface area contributed by atoms with Gasteiger partial charge in [0.25, 0.3) is 0 Å². The van der Waals surface area contributed by atoms with Crippen molar-refractivity contribution in [2.45, 2.75) is 0 Å². The van der Waals surface area contributed by atoms with Gasteiger partial charge in [0.05, 0.1) is 0 Å². The highest BCUT2D eigenvalue weighted by Gasteiger charge is 2.20. The Bertz CT molecular complexity index is 447. The average Bonchev–Trinajstić information content (AvgIpc) is 2.17. The number of ether oxygens (including phenoxy) is 1. The summed E-state index contributed by atoms with van der Waals surface area (Å²) in [6, 6.07) is 4.94. The van der Waals surface area contributed by atoms with Gasteiger partial charge in [0.2, 0.25) is 0 Å². The van der Waals surface area contributed by atoms with Crippen molar-refractivity contribution in [3.05, 3.63) is 29.8 Å². The first-order valence-corrected chi connectivity index (χ1v) is 5.24. The molecule has 2 N–H and O–H groups in total. The van der Waals surface area contributed by atoms with E-state index in [0.717, 1.165) is 0 Å². The van der Waals surface area contributed by atoms with Gasteiger partial charge in [-0.2, -0.15) is 8.42 Å². The largest absolute Gasteiger partial charge is 0.468 e. The third-order valence-electron chi connectivity index (χ3n) is 1.56. The molecule has 82 valence electrons. The van der Waals surface area contributed by atoms with Crippen LogP contribution in [0.25, 0.3) is 0 Å². The number of rotatable bonds is 3. The maximum Gasteiger partial charge on any atom is 0.333 e. The summed E-state index contributed by atoms with van der Waals surface area (Å²) in [5.41, 5.74) is -0.178. The Labute approximate surface area is 85.9 Å². The fourth-order valence-electron chi connectivity index (χ4n) is 0.911. The van der Waals surface area contributed by atoms with Crippen LogP contribution in [0.2, 0.25) is 0 Å². The number of hydrogen-bond acceptors (Lipinski definition) is 5. The fraction of sp³-hybridized carbons (Fsp3) is 0.125. The molecule has 0 unspecified atom stereocenters. The van der Waals surface area contributed by atoms with E-state index in [1.165, 1.54) is 24.3 Å². The van der Waals surface area contributed by atoms with E-state index in [1.54, 1.807) is 0 Å². The molecule has 0 saturated heterocycles. The van der Waals surface area contributed by atoms with Crippen LogP contribution in [0, 0.1) is 0 Å². The molecule has 0 spiro atoms. The van der Waals surface area contributed by atoms with Crippen LogP contribution in [0.1, 0.15) is 10.4 Å². The summed E-state index contributed by atoms with van der Waals surface area (Å²) in [5.74, 6) is 0.282. The second-order valence-electron chi connectivity index (χ2n) is 2.56. The first-order chi connectivity index (χ1) is 6.95. The molecule has 0 atom stereocenters. The molecule has 0 bridgehead atoms. The van der Waals surface area contributed by atoms with Crippen molar-refractivity contribution >= 4 is 15.2 Å². The second kappa shape index (κ2) is 4.39. The van der Waals surface area contributed by atoms with Crippen LogP contribution in [-0.4, -0.2) is 30.0 Å². The van der Waals surface area contributed by atoms with E-state index in [0.29, 0.717) is 0 Å². The van der Waals surface area contributed by atoms with Gasteiger partial charge in [-0.05, 0) is 24.3 Å². The van der Waals surface area contributed by atoms with Crippen molar-refractivity contribution in [1.29, 1.82) is 0 Å². The minimum absolute atomic E-state index is 0.178. The third kappa shape index (κ3) is 3.01. The van der Waals surface area contributed by atoms with Crippen LogP contribution in [0.5, 0.6) is 5.75 Å². The number of benzene rings is 1. The molecule has 0 aromatic heterocycles. The van der Waals surface area contributed by atoms with Gasteiger partial charge in [-0.15, -0.1) is 0 Å². The van der Waals surface area contributed by atoms with Gasteiger partial charge in [-0.25, -0.2) is 0 Å². The Morgan fingerprint density at radius 1 is 1.27 bits per heavy atom. The summed E-state index contributed by atoms with van der Waals surface area (Å²) in [7, 11) is -4.71. The molecular formula is C8H8O6S. The summed E-state index contributed by atoms with van der Waals surface area (Å²) in [6.45, 7) is -0.522. The lowest BCUT2D eigenvalue weighted by atomic mass is 10.2. The van der Waals surface area contributed by atoms with Crippen LogP contribution in [0.15, 0.2) is 24.3 Å². The van der Waals surface area contributed by atoms with Gasteiger partial charge in [0, 0.05) is 5.56 Å². The monoisotopic (exact) mass is 232 g/mol. The minimum Gasteiger partial charge on any atom is -0.468 e. The molecule has 6 nitrogen and oxygen atoms in total. The lowest BCUT2D eigenvalue weighted by Crippen LogP contribution is -2.13. The second-order valence-corrected chi connectivity index (χ2v) is 3.88. The molecule has 0 amide bonds. The first kappa shape index (κ1) is 11.6. The van der Waals surface area contributed by atoms with Crippen molar-refractivity contribution in [1.82, 2.24) is 0 Å². The number of carbonyl (C=O) groups excluding carboxylic acids is 1. The molecule has 0 fully saturated rings. The van der Waals surface area contributed by atoms with Gasteiger partial charge in [0.15, 0.2) is 6.79 Å². The predicted octanol–water partition coefficient (Wildman–Crippen LogP) is 0.0432. The Hall–Kier alpha value is -1.44. The number of aliphatic hydroxyl groups is 1. The Morgan fingerprint density at radius 3 is 2.20 bits per heavy atom. The number of hydrogen-bond donors (Lipinski definition) is 2. The summed E-state index contributed by atoms with van der Waals surface area (Å²) < 4.78 is 34.1. The van der Waals surface area contributed by atoms with E-state index in [4.69, 9.17) is 9.66 Å². The Balaban J connectivity index is 2.95.